The predicted molar refractivity (Wildman–Crippen MR) is 446 cm³/mol. The second kappa shape index (κ2) is 81.6. The van der Waals surface area contributed by atoms with Gasteiger partial charge in [-0.15, -0.1) is 0 Å². The lowest BCUT2D eigenvalue weighted by atomic mass is 9.99. The average Bonchev–Trinajstić information content (AvgIpc) is 0.899. The van der Waals surface area contributed by atoms with Crippen LogP contribution in [0.3, 0.4) is 0 Å². The highest BCUT2D eigenvalue weighted by molar-refractivity contribution is 7.47. The van der Waals surface area contributed by atoms with E-state index in [1.165, 1.54) is 308 Å². The lowest BCUT2D eigenvalue weighted by Crippen LogP contribution is -2.30. The largest absolute Gasteiger partial charge is 0.472 e. The number of ether oxygens (including phenoxy) is 4. The first-order chi connectivity index (χ1) is 52.6. The van der Waals surface area contributed by atoms with E-state index in [-0.39, 0.29) is 25.7 Å². The number of carbonyl (C=O) groups excluding carboxylic acids is 4. The Kier molecular flexibility index (Phi) is 80.2. The zero-order chi connectivity index (χ0) is 79.0. The van der Waals surface area contributed by atoms with Gasteiger partial charge >= 0.3 is 39.5 Å². The molecular weight excluding hydrogens is 1400 g/mol. The quantitative estimate of drug-likeness (QED) is 0.0222. The normalized spacial score (nSPS) is 14.0. The van der Waals surface area contributed by atoms with Gasteiger partial charge < -0.3 is 33.8 Å². The molecular formula is C89H174O17P2. The standard InChI is InChI=1S/C89H174O17P2/c1-6-10-13-16-19-22-25-28-31-34-37-40-42-45-48-51-57-62-67-72-86(91)99-78-84(105-88(93)74-70-65-60-53-50-47-44-41-38-35-32-29-26-23-20-17-14-11-7-2)80-103-107(95,96)101-76-83(90)77-102-108(97,98)104-81-85(79-100-87(92)73-68-63-58-55-54-56-61-66-71-82(5)9-4)106-89(94)75-69-64-59-52-49-46-43-39-36-33-30-27-24-21-18-15-12-8-3/h82-85,90H,6-81H2,1-5H3,(H,95,96)(H,97,98)/t82?,83-,84-,85-/m1/s1. The van der Waals surface area contributed by atoms with Crippen LogP contribution >= 0.6 is 15.6 Å². The second-order valence-corrected chi connectivity index (χ2v) is 35.1. The number of phosphoric acid groups is 2. The van der Waals surface area contributed by atoms with Gasteiger partial charge in [0.15, 0.2) is 12.2 Å². The minimum absolute atomic E-state index is 0.109. The lowest BCUT2D eigenvalue weighted by Gasteiger charge is -2.21. The highest BCUT2D eigenvalue weighted by Gasteiger charge is 2.31. The zero-order valence-electron chi connectivity index (χ0n) is 71.0. The van der Waals surface area contributed by atoms with E-state index in [0.29, 0.717) is 25.7 Å². The van der Waals surface area contributed by atoms with E-state index in [2.05, 4.69) is 34.6 Å². The molecule has 0 aliphatic rings. The SMILES string of the molecule is CCCCCCCCCCCCCCCCCCCCCC(=O)OC[C@H](COP(=O)(O)OC[C@@H](O)COP(=O)(O)OC[C@@H](COC(=O)CCCCCCCCCCC(C)CC)OC(=O)CCCCCCCCCCCCCCCCCCCC)OC(=O)CCCCCCCCCCCCCCCCCCCCC. The second-order valence-electron chi connectivity index (χ2n) is 32.2. The number of unbranched alkanes of at least 4 members (excludes halogenated alkanes) is 60. The first-order valence-electron chi connectivity index (χ1n) is 46.2. The Balaban J connectivity index is 5.25. The minimum atomic E-state index is -4.97. The summed E-state index contributed by atoms with van der Waals surface area (Å²) in [7, 11) is -9.93. The molecule has 6 atom stereocenters. The van der Waals surface area contributed by atoms with Crippen molar-refractivity contribution in [3.8, 4) is 0 Å². The molecule has 0 radical (unpaired) electrons. The summed E-state index contributed by atoms with van der Waals surface area (Å²) in [5.41, 5.74) is 0. The first-order valence-corrected chi connectivity index (χ1v) is 49.2. The maximum Gasteiger partial charge on any atom is 0.472 e. The van der Waals surface area contributed by atoms with Crippen LogP contribution in [0, 0.1) is 5.92 Å². The van der Waals surface area contributed by atoms with E-state index in [0.717, 1.165) is 95.8 Å². The van der Waals surface area contributed by atoms with Crippen molar-refractivity contribution in [1.82, 2.24) is 0 Å². The summed E-state index contributed by atoms with van der Waals surface area (Å²) in [6, 6.07) is 0. The number of hydrogen-bond acceptors (Lipinski definition) is 15. The molecule has 17 nitrogen and oxygen atoms in total. The number of aliphatic hydroxyl groups excluding tert-OH is 1. The number of esters is 4. The average molecular weight is 1580 g/mol. The summed E-state index contributed by atoms with van der Waals surface area (Å²) in [6.07, 6.45) is 76.4. The molecule has 0 amide bonds. The summed E-state index contributed by atoms with van der Waals surface area (Å²) in [4.78, 5) is 73.4. The van der Waals surface area contributed by atoms with Crippen LogP contribution in [-0.2, 0) is 65.4 Å². The molecule has 0 aromatic carbocycles. The molecule has 0 aromatic rings. The van der Waals surface area contributed by atoms with Crippen LogP contribution in [0.15, 0.2) is 0 Å². The highest BCUT2D eigenvalue weighted by atomic mass is 31.2. The molecule has 0 saturated carbocycles. The fourth-order valence-corrected chi connectivity index (χ4v) is 15.5. The molecule has 0 aromatic heterocycles. The third kappa shape index (κ3) is 80.7. The van der Waals surface area contributed by atoms with Crippen molar-refractivity contribution >= 4 is 39.5 Å². The molecule has 0 fully saturated rings. The topological polar surface area (TPSA) is 237 Å². The number of aliphatic hydroxyl groups is 1. The number of phosphoric ester groups is 2. The first kappa shape index (κ1) is 106. The van der Waals surface area contributed by atoms with Gasteiger partial charge in [-0.05, 0) is 31.6 Å². The fourth-order valence-electron chi connectivity index (χ4n) is 14.0. The smallest absolute Gasteiger partial charge is 0.462 e. The van der Waals surface area contributed by atoms with Crippen molar-refractivity contribution in [1.29, 1.82) is 0 Å². The zero-order valence-corrected chi connectivity index (χ0v) is 72.8. The third-order valence-corrected chi connectivity index (χ3v) is 23.3. The summed E-state index contributed by atoms with van der Waals surface area (Å²) < 4.78 is 69.0. The summed E-state index contributed by atoms with van der Waals surface area (Å²) in [5, 5.41) is 10.7. The summed E-state index contributed by atoms with van der Waals surface area (Å²) in [5.74, 6) is -1.32. The maximum absolute atomic E-state index is 13.2. The summed E-state index contributed by atoms with van der Waals surface area (Å²) in [6.45, 7) is 7.39. The monoisotopic (exact) mass is 1580 g/mol. The summed E-state index contributed by atoms with van der Waals surface area (Å²) >= 11 is 0. The van der Waals surface area contributed by atoms with Crippen LogP contribution in [-0.4, -0.2) is 96.7 Å². The molecule has 3 unspecified atom stereocenters. The maximum atomic E-state index is 13.2. The van der Waals surface area contributed by atoms with Gasteiger partial charge in [0.25, 0.3) is 0 Å². The molecule has 3 N–H and O–H groups in total. The molecule has 642 valence electrons. The number of carbonyl (C=O) groups is 4. The molecule has 0 aliphatic carbocycles. The minimum Gasteiger partial charge on any atom is -0.462 e. The van der Waals surface area contributed by atoms with Gasteiger partial charge in [-0.2, -0.15) is 0 Å². The molecule has 0 heterocycles. The Hall–Kier alpha value is -1.94. The van der Waals surface area contributed by atoms with Crippen molar-refractivity contribution in [2.45, 2.75) is 502 Å². The van der Waals surface area contributed by atoms with Gasteiger partial charge in [0.1, 0.15) is 19.3 Å². The Morgan fingerprint density at radius 1 is 0.259 bits per heavy atom. The van der Waals surface area contributed by atoms with Crippen molar-refractivity contribution in [3.63, 3.8) is 0 Å². The van der Waals surface area contributed by atoms with Crippen molar-refractivity contribution < 1.29 is 80.2 Å². The Bertz CT molecular complexity index is 2050. The van der Waals surface area contributed by atoms with Crippen LogP contribution in [0.1, 0.15) is 484 Å². The molecule has 19 heteroatoms. The van der Waals surface area contributed by atoms with E-state index < -0.39 is 97.5 Å². The van der Waals surface area contributed by atoms with Crippen LogP contribution in [0.5, 0.6) is 0 Å². The molecule has 0 bridgehead atoms. The van der Waals surface area contributed by atoms with E-state index in [4.69, 9.17) is 37.0 Å². The van der Waals surface area contributed by atoms with Gasteiger partial charge in [0.05, 0.1) is 26.4 Å². The van der Waals surface area contributed by atoms with Crippen LogP contribution in [0.4, 0.5) is 0 Å². The Morgan fingerprint density at radius 3 is 0.657 bits per heavy atom. The molecule has 108 heavy (non-hydrogen) atoms. The lowest BCUT2D eigenvalue weighted by molar-refractivity contribution is -0.161. The molecule has 0 rings (SSSR count). The van der Waals surface area contributed by atoms with E-state index in [1.54, 1.807) is 0 Å². The third-order valence-electron chi connectivity index (χ3n) is 21.4. The molecule has 0 saturated heterocycles. The van der Waals surface area contributed by atoms with Crippen molar-refractivity contribution in [3.05, 3.63) is 0 Å². The van der Waals surface area contributed by atoms with E-state index >= 15 is 0 Å². The van der Waals surface area contributed by atoms with Crippen LogP contribution in [0.25, 0.3) is 0 Å². The highest BCUT2D eigenvalue weighted by Crippen LogP contribution is 2.45. The predicted octanol–water partition coefficient (Wildman–Crippen LogP) is 27.5. The molecule has 0 spiro atoms. The number of rotatable bonds is 89. The van der Waals surface area contributed by atoms with Gasteiger partial charge in [-0.25, -0.2) is 9.13 Å². The van der Waals surface area contributed by atoms with Crippen LogP contribution in [0.2, 0.25) is 0 Å². The molecule has 0 aliphatic heterocycles. The van der Waals surface area contributed by atoms with E-state index in [1.807, 2.05) is 0 Å². The van der Waals surface area contributed by atoms with Crippen molar-refractivity contribution in [2.75, 3.05) is 39.6 Å². The van der Waals surface area contributed by atoms with E-state index in [9.17, 15) is 43.2 Å². The number of hydrogen-bond donors (Lipinski definition) is 3. The fraction of sp³-hybridized carbons (Fsp3) is 0.955. The van der Waals surface area contributed by atoms with Gasteiger partial charge in [-0.1, -0.05) is 433 Å². The Morgan fingerprint density at radius 2 is 0.444 bits per heavy atom. The van der Waals surface area contributed by atoms with Gasteiger partial charge in [0.2, 0.25) is 0 Å². The van der Waals surface area contributed by atoms with Crippen molar-refractivity contribution in [2.24, 2.45) is 5.92 Å². The van der Waals surface area contributed by atoms with Gasteiger partial charge in [-0.3, -0.25) is 37.3 Å². The van der Waals surface area contributed by atoms with Gasteiger partial charge in [0, 0.05) is 25.7 Å². The van der Waals surface area contributed by atoms with Crippen LogP contribution < -0.4 is 0 Å². The Labute approximate surface area is 664 Å².